The fourth-order valence-corrected chi connectivity index (χ4v) is 3.62. The minimum Gasteiger partial charge on any atom is -0.458 e. The number of aliphatic hydroxyl groups is 1. The first-order valence-corrected chi connectivity index (χ1v) is 8.49. The van der Waals surface area contributed by atoms with E-state index in [2.05, 4.69) is 13.2 Å². The lowest BCUT2D eigenvalue weighted by atomic mass is 9.82. The summed E-state index contributed by atoms with van der Waals surface area (Å²) in [6.07, 6.45) is 2.17. The molecule has 25 heavy (non-hydrogen) atoms. The fraction of sp³-hybridized carbons (Fsp3) is 0.579. The summed E-state index contributed by atoms with van der Waals surface area (Å²) < 4.78 is 16.4. The number of hydrogen-bond acceptors (Lipinski definition) is 6. The summed E-state index contributed by atoms with van der Waals surface area (Å²) in [6, 6.07) is 0. The third-order valence-corrected chi connectivity index (χ3v) is 5.22. The van der Waals surface area contributed by atoms with Gasteiger partial charge in [-0.25, -0.2) is 9.59 Å². The standard InChI is InChI=1S/C19H24O6/c1-10(2)17(21)23-9-12-6-5-7-19(4)16(25-19)15(20)14-11(3)18(22)24-13(14)8-12/h6,13-16,20H,1,3,5,7-9H2,2,4H3/b12-6-/t13-,14+,15-,16+,19-/m0/s1. The normalized spacial score (nSPS) is 39.4. The van der Waals surface area contributed by atoms with Gasteiger partial charge in [-0.1, -0.05) is 19.2 Å². The molecule has 2 saturated heterocycles. The predicted octanol–water partition coefficient (Wildman–Crippen LogP) is 1.83. The molecule has 136 valence electrons. The summed E-state index contributed by atoms with van der Waals surface area (Å²) in [4.78, 5) is 23.6. The van der Waals surface area contributed by atoms with E-state index in [1.807, 2.05) is 13.0 Å². The Morgan fingerprint density at radius 3 is 2.92 bits per heavy atom. The van der Waals surface area contributed by atoms with Crippen molar-refractivity contribution in [3.05, 3.63) is 36.0 Å². The van der Waals surface area contributed by atoms with Crippen molar-refractivity contribution in [1.29, 1.82) is 0 Å². The predicted molar refractivity (Wildman–Crippen MR) is 89.5 cm³/mol. The molecule has 0 aromatic rings. The van der Waals surface area contributed by atoms with Crippen LogP contribution in [0, 0.1) is 5.92 Å². The first kappa shape index (κ1) is 17.9. The van der Waals surface area contributed by atoms with E-state index in [9.17, 15) is 14.7 Å². The summed E-state index contributed by atoms with van der Waals surface area (Å²) in [5.74, 6) is -1.47. The van der Waals surface area contributed by atoms with Gasteiger partial charge in [0.05, 0.1) is 17.6 Å². The Kier molecular flexibility index (Phi) is 4.60. The van der Waals surface area contributed by atoms with Crippen molar-refractivity contribution >= 4 is 11.9 Å². The first-order chi connectivity index (χ1) is 11.7. The molecule has 0 aromatic heterocycles. The van der Waals surface area contributed by atoms with Crippen LogP contribution >= 0.6 is 0 Å². The Balaban J connectivity index is 1.80. The van der Waals surface area contributed by atoms with Gasteiger partial charge in [-0.2, -0.15) is 0 Å². The van der Waals surface area contributed by atoms with Gasteiger partial charge in [0, 0.05) is 17.6 Å². The molecule has 0 radical (unpaired) electrons. The number of rotatable bonds is 3. The first-order valence-electron chi connectivity index (χ1n) is 8.49. The number of carbonyl (C=O) groups is 2. The van der Waals surface area contributed by atoms with Gasteiger partial charge in [0.2, 0.25) is 0 Å². The van der Waals surface area contributed by atoms with E-state index < -0.39 is 35.7 Å². The molecular formula is C19H24O6. The van der Waals surface area contributed by atoms with Gasteiger partial charge in [0.25, 0.3) is 0 Å². The highest BCUT2D eigenvalue weighted by atomic mass is 16.6. The average Bonchev–Trinajstić information content (AvgIpc) is 3.14. The molecule has 6 nitrogen and oxygen atoms in total. The van der Waals surface area contributed by atoms with Crippen molar-refractivity contribution in [2.45, 2.75) is 57.0 Å². The van der Waals surface area contributed by atoms with Crippen LogP contribution in [0.1, 0.15) is 33.1 Å². The number of epoxide rings is 1. The molecule has 2 fully saturated rings. The number of carbonyl (C=O) groups excluding carboxylic acids is 2. The molecule has 0 saturated carbocycles. The van der Waals surface area contributed by atoms with Gasteiger partial charge >= 0.3 is 11.9 Å². The SMILES string of the molecule is C=C(C)C(=O)OC/C1=C\CC[C@]2(C)O[C@@H]2[C@@H](O)[C@@H]2C(=C)C(=O)O[C@H]2C1. The second kappa shape index (κ2) is 6.42. The van der Waals surface area contributed by atoms with Gasteiger partial charge in [-0.15, -0.1) is 0 Å². The number of ether oxygens (including phenoxy) is 3. The lowest BCUT2D eigenvalue weighted by Gasteiger charge is -2.24. The zero-order valence-corrected chi connectivity index (χ0v) is 14.6. The van der Waals surface area contributed by atoms with Crippen LogP contribution in [0.4, 0.5) is 0 Å². The lowest BCUT2D eigenvalue weighted by Crippen LogP contribution is -2.36. The second-order valence-electron chi connectivity index (χ2n) is 7.30. The molecule has 1 aliphatic carbocycles. The van der Waals surface area contributed by atoms with E-state index in [0.29, 0.717) is 12.0 Å². The monoisotopic (exact) mass is 348 g/mol. The Bertz CT molecular complexity index is 663. The van der Waals surface area contributed by atoms with E-state index in [0.717, 1.165) is 18.4 Å². The largest absolute Gasteiger partial charge is 0.458 e. The molecule has 0 bridgehead atoms. The van der Waals surface area contributed by atoms with Crippen molar-refractivity contribution in [2.24, 2.45) is 5.92 Å². The summed E-state index contributed by atoms with van der Waals surface area (Å²) in [7, 11) is 0. The zero-order chi connectivity index (χ0) is 18.4. The summed E-state index contributed by atoms with van der Waals surface area (Å²) in [5, 5.41) is 10.7. The minimum absolute atomic E-state index is 0.107. The summed E-state index contributed by atoms with van der Waals surface area (Å²) >= 11 is 0. The van der Waals surface area contributed by atoms with Crippen molar-refractivity contribution < 1.29 is 28.9 Å². The smallest absolute Gasteiger partial charge is 0.334 e. The van der Waals surface area contributed by atoms with Gasteiger partial charge < -0.3 is 19.3 Å². The molecular weight excluding hydrogens is 324 g/mol. The topological polar surface area (TPSA) is 85.4 Å². The maximum atomic E-state index is 12.0. The molecule has 1 N–H and O–H groups in total. The van der Waals surface area contributed by atoms with Gasteiger partial charge in [0.15, 0.2) is 0 Å². The number of allylic oxidation sites excluding steroid dienone is 1. The van der Waals surface area contributed by atoms with E-state index in [1.54, 1.807) is 6.92 Å². The van der Waals surface area contributed by atoms with E-state index >= 15 is 0 Å². The average molecular weight is 348 g/mol. The molecule has 5 atom stereocenters. The van der Waals surface area contributed by atoms with Crippen LogP contribution in [0.15, 0.2) is 36.0 Å². The van der Waals surface area contributed by atoms with Crippen LogP contribution in [-0.4, -0.2) is 47.6 Å². The van der Waals surface area contributed by atoms with Crippen LogP contribution in [0.25, 0.3) is 0 Å². The highest BCUT2D eigenvalue weighted by Gasteiger charge is 2.60. The van der Waals surface area contributed by atoms with Crippen molar-refractivity contribution in [2.75, 3.05) is 6.61 Å². The third kappa shape index (κ3) is 3.41. The van der Waals surface area contributed by atoms with Gasteiger partial charge in [-0.05, 0) is 32.3 Å². The number of aliphatic hydroxyl groups excluding tert-OH is 1. The maximum absolute atomic E-state index is 12.0. The second-order valence-corrected chi connectivity index (χ2v) is 7.30. The Morgan fingerprint density at radius 2 is 2.24 bits per heavy atom. The Morgan fingerprint density at radius 1 is 1.52 bits per heavy atom. The van der Waals surface area contributed by atoms with Crippen molar-refractivity contribution in [3.8, 4) is 0 Å². The zero-order valence-electron chi connectivity index (χ0n) is 14.6. The molecule has 0 aromatic carbocycles. The quantitative estimate of drug-likeness (QED) is 0.362. The maximum Gasteiger partial charge on any atom is 0.334 e. The minimum atomic E-state index is -0.841. The molecule has 3 rings (SSSR count). The van der Waals surface area contributed by atoms with Gasteiger partial charge in [-0.3, -0.25) is 0 Å². The lowest BCUT2D eigenvalue weighted by molar-refractivity contribution is -0.141. The molecule has 2 heterocycles. The van der Waals surface area contributed by atoms with Gasteiger partial charge in [0.1, 0.15) is 18.8 Å². The van der Waals surface area contributed by atoms with Crippen molar-refractivity contribution in [1.82, 2.24) is 0 Å². The summed E-state index contributed by atoms with van der Waals surface area (Å²) in [5.41, 5.74) is 1.04. The van der Waals surface area contributed by atoms with Crippen molar-refractivity contribution in [3.63, 3.8) is 0 Å². The third-order valence-electron chi connectivity index (χ3n) is 5.22. The van der Waals surface area contributed by atoms with Crippen LogP contribution in [0.5, 0.6) is 0 Å². The highest BCUT2D eigenvalue weighted by molar-refractivity contribution is 5.91. The molecule has 0 amide bonds. The van der Waals surface area contributed by atoms with Crippen LogP contribution in [-0.2, 0) is 23.8 Å². The summed E-state index contributed by atoms with van der Waals surface area (Å²) in [6.45, 7) is 11.0. The number of esters is 2. The van der Waals surface area contributed by atoms with Crippen LogP contribution < -0.4 is 0 Å². The molecule has 0 unspecified atom stereocenters. The Labute approximate surface area is 147 Å². The molecule has 0 spiro atoms. The van der Waals surface area contributed by atoms with E-state index in [1.165, 1.54) is 0 Å². The molecule has 6 heteroatoms. The highest BCUT2D eigenvalue weighted by Crippen LogP contribution is 2.48. The van der Waals surface area contributed by atoms with Crippen LogP contribution in [0.2, 0.25) is 0 Å². The number of hydrogen-bond donors (Lipinski definition) is 1. The molecule has 3 aliphatic rings. The fourth-order valence-electron chi connectivity index (χ4n) is 3.62. The molecule has 2 aliphatic heterocycles. The number of fused-ring (bicyclic) bond motifs is 2. The van der Waals surface area contributed by atoms with E-state index in [-0.39, 0.29) is 18.3 Å². The Hall–Kier alpha value is -1.92. The van der Waals surface area contributed by atoms with Crippen LogP contribution in [0.3, 0.4) is 0 Å². The van der Waals surface area contributed by atoms with E-state index in [4.69, 9.17) is 14.2 Å².